The molecule has 0 aliphatic heterocycles. The van der Waals surface area contributed by atoms with E-state index in [1.54, 1.807) is 6.07 Å². The molecular weight excluding hydrogens is 253 g/mol. The summed E-state index contributed by atoms with van der Waals surface area (Å²) in [6, 6.07) is 4.44. The van der Waals surface area contributed by atoms with Gasteiger partial charge in [-0.3, -0.25) is 4.79 Å². The zero-order valence-electron chi connectivity index (χ0n) is 10.8. The topological polar surface area (TPSA) is 29.1 Å². The third-order valence-corrected chi connectivity index (χ3v) is 3.50. The number of carbonyl (C=O) groups excluding carboxylic acids is 1. The van der Waals surface area contributed by atoms with Crippen molar-refractivity contribution in [3.8, 4) is 0 Å². The third-order valence-electron chi connectivity index (χ3n) is 3.14. The Labute approximate surface area is 113 Å². The van der Waals surface area contributed by atoms with Crippen LogP contribution in [0.4, 0.5) is 4.39 Å². The van der Waals surface area contributed by atoms with E-state index in [1.807, 2.05) is 0 Å². The first-order chi connectivity index (χ1) is 8.58. The fourth-order valence-electron chi connectivity index (χ4n) is 1.76. The van der Waals surface area contributed by atoms with Crippen LogP contribution in [0.1, 0.15) is 32.3 Å². The Morgan fingerprint density at radius 3 is 2.61 bits per heavy atom. The highest BCUT2D eigenvalue weighted by atomic mass is 35.5. The summed E-state index contributed by atoms with van der Waals surface area (Å²) in [5, 5.41) is 3.12. The van der Waals surface area contributed by atoms with Gasteiger partial charge in [-0.2, -0.15) is 0 Å². The van der Waals surface area contributed by atoms with Crippen molar-refractivity contribution in [1.82, 2.24) is 5.32 Å². The predicted octanol–water partition coefficient (Wildman–Crippen LogP) is 3.57. The number of rotatable bonds is 6. The number of amides is 1. The van der Waals surface area contributed by atoms with Crippen LogP contribution in [0.25, 0.3) is 0 Å². The minimum Gasteiger partial charge on any atom is -0.356 e. The summed E-state index contributed by atoms with van der Waals surface area (Å²) in [7, 11) is 0. The van der Waals surface area contributed by atoms with Gasteiger partial charge in [-0.25, -0.2) is 4.39 Å². The molecule has 1 aromatic carbocycles. The molecule has 2 nitrogen and oxygen atoms in total. The first kappa shape index (κ1) is 15.0. The number of halogens is 2. The second-order valence-corrected chi connectivity index (χ2v) is 4.77. The quantitative estimate of drug-likeness (QED) is 0.842. The van der Waals surface area contributed by atoms with E-state index >= 15 is 0 Å². The van der Waals surface area contributed by atoms with Gasteiger partial charge in [0.2, 0.25) is 5.91 Å². The van der Waals surface area contributed by atoms with Gasteiger partial charge in [0, 0.05) is 17.1 Å². The zero-order valence-corrected chi connectivity index (χ0v) is 11.6. The lowest BCUT2D eigenvalue weighted by Crippen LogP contribution is -2.30. The number of benzene rings is 1. The highest BCUT2D eigenvalue weighted by Crippen LogP contribution is 2.19. The number of hydrogen-bond acceptors (Lipinski definition) is 1. The van der Waals surface area contributed by atoms with Gasteiger partial charge >= 0.3 is 0 Å². The molecule has 0 aromatic heterocycles. The molecule has 0 saturated carbocycles. The molecular formula is C14H19ClFNO. The SMILES string of the molecule is CCC(CC)CNC(=O)Cc1c(F)cccc1Cl. The molecule has 0 aliphatic carbocycles. The molecule has 0 bridgehead atoms. The molecule has 4 heteroatoms. The molecule has 0 unspecified atom stereocenters. The first-order valence-corrected chi connectivity index (χ1v) is 6.65. The summed E-state index contributed by atoms with van der Waals surface area (Å²) in [4.78, 5) is 11.7. The van der Waals surface area contributed by atoms with Crippen LogP contribution in [0, 0.1) is 11.7 Å². The molecule has 1 N–H and O–H groups in total. The van der Waals surface area contributed by atoms with Crippen molar-refractivity contribution >= 4 is 17.5 Å². The van der Waals surface area contributed by atoms with E-state index in [1.165, 1.54) is 12.1 Å². The highest BCUT2D eigenvalue weighted by Gasteiger charge is 2.12. The summed E-state index contributed by atoms with van der Waals surface area (Å²) in [6.07, 6.45) is 2.04. The summed E-state index contributed by atoms with van der Waals surface area (Å²) >= 11 is 5.87. The molecule has 0 fully saturated rings. The van der Waals surface area contributed by atoms with Crippen molar-refractivity contribution in [3.63, 3.8) is 0 Å². The van der Waals surface area contributed by atoms with E-state index in [9.17, 15) is 9.18 Å². The standard InChI is InChI=1S/C14H19ClFNO/c1-3-10(4-2)9-17-14(18)8-11-12(15)6-5-7-13(11)16/h5-7,10H,3-4,8-9H2,1-2H3,(H,17,18). The molecule has 0 atom stereocenters. The maximum atomic E-state index is 13.5. The predicted molar refractivity (Wildman–Crippen MR) is 72.2 cm³/mol. The van der Waals surface area contributed by atoms with Gasteiger partial charge in [0.25, 0.3) is 0 Å². The normalized spacial score (nSPS) is 10.7. The van der Waals surface area contributed by atoms with Crippen molar-refractivity contribution in [1.29, 1.82) is 0 Å². The Morgan fingerprint density at radius 1 is 1.39 bits per heavy atom. The van der Waals surface area contributed by atoms with Gasteiger partial charge in [-0.05, 0) is 18.1 Å². The lowest BCUT2D eigenvalue weighted by molar-refractivity contribution is -0.120. The van der Waals surface area contributed by atoms with Crippen LogP contribution in [0.15, 0.2) is 18.2 Å². The van der Waals surface area contributed by atoms with Crippen LogP contribution < -0.4 is 5.32 Å². The van der Waals surface area contributed by atoms with Crippen LogP contribution in [0.5, 0.6) is 0 Å². The minimum atomic E-state index is -0.430. The third kappa shape index (κ3) is 4.30. The van der Waals surface area contributed by atoms with E-state index in [0.717, 1.165) is 12.8 Å². The number of nitrogens with one attached hydrogen (secondary N) is 1. The van der Waals surface area contributed by atoms with E-state index in [0.29, 0.717) is 17.5 Å². The fourth-order valence-corrected chi connectivity index (χ4v) is 1.99. The zero-order chi connectivity index (χ0) is 13.5. The van der Waals surface area contributed by atoms with Crippen LogP contribution >= 0.6 is 11.6 Å². The van der Waals surface area contributed by atoms with Crippen molar-refractivity contribution in [2.75, 3.05) is 6.54 Å². The monoisotopic (exact) mass is 271 g/mol. The summed E-state index contributed by atoms with van der Waals surface area (Å²) in [5.74, 6) is -0.140. The van der Waals surface area contributed by atoms with Crippen LogP contribution in [0.2, 0.25) is 5.02 Å². The molecule has 1 rings (SSSR count). The van der Waals surface area contributed by atoms with Crippen LogP contribution in [-0.4, -0.2) is 12.5 Å². The Bertz CT molecular complexity index is 385. The number of hydrogen-bond donors (Lipinski definition) is 1. The van der Waals surface area contributed by atoms with E-state index in [4.69, 9.17) is 11.6 Å². The molecule has 0 spiro atoms. The summed E-state index contributed by atoms with van der Waals surface area (Å²) < 4.78 is 13.5. The highest BCUT2D eigenvalue weighted by molar-refractivity contribution is 6.31. The van der Waals surface area contributed by atoms with Crippen molar-refractivity contribution in [2.45, 2.75) is 33.1 Å². The molecule has 100 valence electrons. The molecule has 0 radical (unpaired) electrons. The van der Waals surface area contributed by atoms with Gasteiger partial charge in [0.1, 0.15) is 5.82 Å². The second kappa shape index (κ2) is 7.37. The maximum Gasteiger partial charge on any atom is 0.224 e. The fraction of sp³-hybridized carbons (Fsp3) is 0.500. The Hall–Kier alpha value is -1.09. The first-order valence-electron chi connectivity index (χ1n) is 6.28. The molecule has 1 aromatic rings. The summed E-state index contributed by atoms with van der Waals surface area (Å²) in [5.41, 5.74) is 0.265. The molecule has 0 saturated heterocycles. The number of carbonyl (C=O) groups is 1. The lowest BCUT2D eigenvalue weighted by Gasteiger charge is -2.13. The van der Waals surface area contributed by atoms with E-state index in [-0.39, 0.29) is 17.9 Å². The Balaban J connectivity index is 2.55. The maximum absolute atomic E-state index is 13.5. The van der Waals surface area contributed by atoms with Gasteiger partial charge < -0.3 is 5.32 Å². The molecule has 0 heterocycles. The minimum absolute atomic E-state index is 0.00828. The van der Waals surface area contributed by atoms with Crippen LogP contribution in [-0.2, 0) is 11.2 Å². The van der Waals surface area contributed by atoms with E-state index in [2.05, 4.69) is 19.2 Å². The summed E-state index contributed by atoms with van der Waals surface area (Å²) in [6.45, 7) is 4.82. The van der Waals surface area contributed by atoms with Gasteiger partial charge in [-0.15, -0.1) is 0 Å². The van der Waals surface area contributed by atoms with Gasteiger partial charge in [0.05, 0.1) is 6.42 Å². The van der Waals surface area contributed by atoms with Gasteiger partial charge in [0.15, 0.2) is 0 Å². The van der Waals surface area contributed by atoms with Crippen LogP contribution in [0.3, 0.4) is 0 Å². The average molecular weight is 272 g/mol. The second-order valence-electron chi connectivity index (χ2n) is 4.36. The van der Waals surface area contributed by atoms with Gasteiger partial charge in [-0.1, -0.05) is 44.4 Å². The molecule has 18 heavy (non-hydrogen) atoms. The van der Waals surface area contributed by atoms with Crippen molar-refractivity contribution < 1.29 is 9.18 Å². The van der Waals surface area contributed by atoms with Crippen molar-refractivity contribution in [3.05, 3.63) is 34.6 Å². The molecule has 0 aliphatic rings. The molecule has 1 amide bonds. The largest absolute Gasteiger partial charge is 0.356 e. The average Bonchev–Trinajstić information content (AvgIpc) is 2.35. The van der Waals surface area contributed by atoms with Crippen molar-refractivity contribution in [2.24, 2.45) is 5.92 Å². The lowest BCUT2D eigenvalue weighted by atomic mass is 10.0. The Morgan fingerprint density at radius 2 is 2.06 bits per heavy atom. The Kier molecular flexibility index (Phi) is 6.13. The van der Waals surface area contributed by atoms with E-state index < -0.39 is 5.82 Å². The smallest absolute Gasteiger partial charge is 0.224 e.